The van der Waals surface area contributed by atoms with Gasteiger partial charge in [0.2, 0.25) is 0 Å². The number of nitrogens with one attached hydrogen (secondary N) is 2. The first-order valence-corrected chi connectivity index (χ1v) is 7.93. The fourth-order valence-electron chi connectivity index (χ4n) is 3.00. The lowest BCUT2D eigenvalue weighted by Gasteiger charge is -2.26. The van der Waals surface area contributed by atoms with Gasteiger partial charge in [-0.25, -0.2) is 9.18 Å². The third-order valence-corrected chi connectivity index (χ3v) is 4.31. The fourth-order valence-corrected chi connectivity index (χ4v) is 3.00. The molecule has 24 heavy (non-hydrogen) atoms. The lowest BCUT2D eigenvalue weighted by atomic mass is 9.97. The Morgan fingerprint density at radius 2 is 1.88 bits per heavy atom. The van der Waals surface area contributed by atoms with E-state index in [-0.39, 0.29) is 5.69 Å². The second-order valence-electron chi connectivity index (χ2n) is 5.82. The third-order valence-electron chi connectivity index (χ3n) is 4.31. The number of carbonyl (C=O) groups excluding carboxylic acids is 3. The summed E-state index contributed by atoms with van der Waals surface area (Å²) in [6.45, 7) is 1.81. The maximum absolute atomic E-state index is 13.9. The first-order chi connectivity index (χ1) is 11.4. The molecule has 0 unspecified atom stereocenters. The second-order valence-corrected chi connectivity index (χ2v) is 5.82. The number of anilines is 1. The highest BCUT2D eigenvalue weighted by molar-refractivity contribution is 6.40. The van der Waals surface area contributed by atoms with E-state index in [9.17, 15) is 18.8 Å². The molecule has 1 aliphatic carbocycles. The molecule has 2 rings (SSSR count). The molecule has 0 heterocycles. The number of esters is 1. The summed E-state index contributed by atoms with van der Waals surface area (Å²) in [6.07, 6.45) is 2.84. The largest absolute Gasteiger partial charge is 0.467 e. The zero-order valence-electron chi connectivity index (χ0n) is 13.8. The van der Waals surface area contributed by atoms with Crippen LogP contribution < -0.4 is 10.6 Å². The number of halogens is 1. The topological polar surface area (TPSA) is 84.5 Å². The van der Waals surface area contributed by atoms with Crippen molar-refractivity contribution in [1.82, 2.24) is 5.32 Å². The van der Waals surface area contributed by atoms with Gasteiger partial charge in [-0.3, -0.25) is 9.59 Å². The van der Waals surface area contributed by atoms with E-state index < -0.39 is 29.1 Å². The molecule has 2 amide bonds. The zero-order chi connectivity index (χ0) is 17.7. The molecule has 1 fully saturated rings. The van der Waals surface area contributed by atoms with Crippen molar-refractivity contribution >= 4 is 23.5 Å². The number of ether oxygens (including phenoxy) is 1. The first-order valence-electron chi connectivity index (χ1n) is 7.93. The van der Waals surface area contributed by atoms with Crippen LogP contribution in [0, 0.1) is 5.82 Å². The van der Waals surface area contributed by atoms with Gasteiger partial charge in [0.1, 0.15) is 11.4 Å². The smallest absolute Gasteiger partial charge is 0.331 e. The Kier molecular flexibility index (Phi) is 5.54. The van der Waals surface area contributed by atoms with Crippen molar-refractivity contribution in [1.29, 1.82) is 0 Å². The number of carbonyl (C=O) groups is 3. The first kappa shape index (κ1) is 17.9. The number of amides is 2. The molecule has 0 spiro atoms. The lowest BCUT2D eigenvalue weighted by molar-refractivity contribution is -0.151. The lowest BCUT2D eigenvalue weighted by Crippen LogP contribution is -2.55. The van der Waals surface area contributed by atoms with Gasteiger partial charge >= 0.3 is 17.8 Å². The maximum atomic E-state index is 13.9. The molecule has 1 aromatic rings. The van der Waals surface area contributed by atoms with E-state index in [0.29, 0.717) is 24.8 Å². The van der Waals surface area contributed by atoms with Crippen LogP contribution in [0.2, 0.25) is 0 Å². The van der Waals surface area contributed by atoms with Gasteiger partial charge in [0, 0.05) is 0 Å². The van der Waals surface area contributed by atoms with Gasteiger partial charge in [0.25, 0.3) is 0 Å². The standard InChI is InChI=1S/C17H21FN2O4/c1-3-11-7-6-8-12(18)13(11)19-14(21)15(22)20-17(16(23)24-2)9-4-5-10-17/h6-8H,3-5,9-10H2,1-2H3,(H,19,21)(H,20,22). The van der Waals surface area contributed by atoms with Gasteiger partial charge in [-0.15, -0.1) is 0 Å². The fraction of sp³-hybridized carbons (Fsp3) is 0.471. The minimum absolute atomic E-state index is 0.0151. The van der Waals surface area contributed by atoms with Gasteiger partial charge < -0.3 is 15.4 Å². The molecular formula is C17H21FN2O4. The Balaban J connectivity index is 2.13. The Morgan fingerprint density at radius 1 is 1.21 bits per heavy atom. The Labute approximate surface area is 139 Å². The van der Waals surface area contributed by atoms with E-state index in [1.165, 1.54) is 19.2 Å². The van der Waals surface area contributed by atoms with Crippen LogP contribution in [0.5, 0.6) is 0 Å². The van der Waals surface area contributed by atoms with E-state index in [1.807, 2.05) is 6.92 Å². The quantitative estimate of drug-likeness (QED) is 0.650. The third kappa shape index (κ3) is 3.55. The van der Waals surface area contributed by atoms with E-state index in [0.717, 1.165) is 12.8 Å². The van der Waals surface area contributed by atoms with Crippen LogP contribution in [0.3, 0.4) is 0 Å². The van der Waals surface area contributed by atoms with Crippen LogP contribution in [-0.4, -0.2) is 30.4 Å². The summed E-state index contributed by atoms with van der Waals surface area (Å²) in [4.78, 5) is 36.3. The predicted molar refractivity (Wildman–Crippen MR) is 85.8 cm³/mol. The normalized spacial score (nSPS) is 15.6. The van der Waals surface area contributed by atoms with Crippen LogP contribution in [0.4, 0.5) is 10.1 Å². The minimum Gasteiger partial charge on any atom is -0.467 e. The summed E-state index contributed by atoms with van der Waals surface area (Å²) < 4.78 is 18.7. The highest BCUT2D eigenvalue weighted by atomic mass is 19.1. The maximum Gasteiger partial charge on any atom is 0.331 e. The van der Waals surface area contributed by atoms with Crippen molar-refractivity contribution in [2.75, 3.05) is 12.4 Å². The van der Waals surface area contributed by atoms with Crippen molar-refractivity contribution in [2.24, 2.45) is 0 Å². The molecule has 0 aromatic heterocycles. The van der Waals surface area contributed by atoms with E-state index in [1.54, 1.807) is 6.07 Å². The average Bonchev–Trinajstić information content (AvgIpc) is 3.05. The molecule has 2 N–H and O–H groups in total. The van der Waals surface area contributed by atoms with Crippen molar-refractivity contribution in [3.05, 3.63) is 29.6 Å². The molecule has 0 bridgehead atoms. The van der Waals surface area contributed by atoms with Gasteiger partial charge in [0.05, 0.1) is 12.8 Å². The summed E-state index contributed by atoms with van der Waals surface area (Å²) >= 11 is 0. The zero-order valence-corrected chi connectivity index (χ0v) is 13.8. The Hall–Kier alpha value is -2.44. The Bertz CT molecular complexity index is 654. The van der Waals surface area contributed by atoms with Gasteiger partial charge in [-0.1, -0.05) is 31.9 Å². The van der Waals surface area contributed by atoms with Crippen LogP contribution in [-0.2, 0) is 25.5 Å². The highest BCUT2D eigenvalue weighted by Crippen LogP contribution is 2.31. The van der Waals surface area contributed by atoms with Crippen molar-refractivity contribution in [3.63, 3.8) is 0 Å². The van der Waals surface area contributed by atoms with Crippen molar-refractivity contribution in [2.45, 2.75) is 44.6 Å². The molecule has 1 saturated carbocycles. The molecule has 0 radical (unpaired) electrons. The summed E-state index contributed by atoms with van der Waals surface area (Å²) in [5, 5.41) is 4.77. The van der Waals surface area contributed by atoms with Gasteiger partial charge in [-0.05, 0) is 30.9 Å². The molecule has 6 nitrogen and oxygen atoms in total. The SMILES string of the molecule is CCc1cccc(F)c1NC(=O)C(=O)NC1(C(=O)OC)CCCC1. The molecule has 130 valence electrons. The minimum atomic E-state index is -1.17. The van der Waals surface area contributed by atoms with Crippen LogP contribution in [0.25, 0.3) is 0 Å². The highest BCUT2D eigenvalue weighted by Gasteiger charge is 2.44. The van der Waals surface area contributed by atoms with E-state index >= 15 is 0 Å². The summed E-state index contributed by atoms with van der Waals surface area (Å²) in [6, 6.07) is 4.41. The van der Waals surface area contributed by atoms with E-state index in [4.69, 9.17) is 4.74 Å². The van der Waals surface area contributed by atoms with Crippen molar-refractivity contribution < 1.29 is 23.5 Å². The molecule has 7 heteroatoms. The monoisotopic (exact) mass is 336 g/mol. The van der Waals surface area contributed by atoms with Crippen molar-refractivity contribution in [3.8, 4) is 0 Å². The van der Waals surface area contributed by atoms with Crippen LogP contribution >= 0.6 is 0 Å². The Morgan fingerprint density at radius 3 is 2.46 bits per heavy atom. The van der Waals surface area contributed by atoms with Crippen LogP contribution in [0.1, 0.15) is 38.2 Å². The van der Waals surface area contributed by atoms with Gasteiger partial charge in [-0.2, -0.15) is 0 Å². The molecule has 1 aliphatic rings. The molecule has 1 aromatic carbocycles. The number of aryl methyl sites for hydroxylation is 1. The number of methoxy groups -OCH3 is 1. The summed E-state index contributed by atoms with van der Waals surface area (Å²) in [7, 11) is 1.24. The summed E-state index contributed by atoms with van der Waals surface area (Å²) in [5.74, 6) is -3.17. The number of para-hydroxylation sites is 1. The van der Waals surface area contributed by atoms with Gasteiger partial charge in [0.15, 0.2) is 0 Å². The number of benzene rings is 1. The van der Waals surface area contributed by atoms with E-state index in [2.05, 4.69) is 10.6 Å². The second kappa shape index (κ2) is 7.42. The molecule has 0 saturated heterocycles. The number of hydrogen-bond acceptors (Lipinski definition) is 4. The summed E-state index contributed by atoms with van der Waals surface area (Å²) in [5.41, 5.74) is -0.607. The number of hydrogen-bond donors (Lipinski definition) is 2. The van der Waals surface area contributed by atoms with Crippen LogP contribution in [0.15, 0.2) is 18.2 Å². The molecular weight excluding hydrogens is 315 g/mol. The predicted octanol–water partition coefficient (Wildman–Crippen LogP) is 1.93. The average molecular weight is 336 g/mol. The number of rotatable bonds is 4. The molecule has 0 atom stereocenters. The molecule has 0 aliphatic heterocycles.